The van der Waals surface area contributed by atoms with Gasteiger partial charge in [0.05, 0.1) is 11.8 Å². The number of rotatable bonds is 3. The molecule has 1 heterocycles. The van der Waals surface area contributed by atoms with E-state index >= 15 is 0 Å². The number of carboxylic acids is 1. The Morgan fingerprint density at radius 2 is 2.17 bits per heavy atom. The minimum Gasteiger partial charge on any atom is -0.478 e. The van der Waals surface area contributed by atoms with Crippen molar-refractivity contribution in [2.45, 2.75) is 9.92 Å². The minimum atomic E-state index is -1.22. The second-order valence-corrected chi connectivity index (χ2v) is 4.87. The third-order valence-electron chi connectivity index (χ3n) is 2.06. The summed E-state index contributed by atoms with van der Waals surface area (Å²) in [4.78, 5) is 15.5. The summed E-state index contributed by atoms with van der Waals surface area (Å²) >= 11 is 6.95. The maximum absolute atomic E-state index is 13.0. The van der Waals surface area contributed by atoms with Crippen molar-refractivity contribution in [2.75, 3.05) is 0 Å². The van der Waals surface area contributed by atoms with E-state index in [2.05, 4.69) is 4.98 Å². The Morgan fingerprint density at radius 3 is 2.83 bits per heavy atom. The molecule has 3 nitrogen and oxygen atoms in total. The van der Waals surface area contributed by atoms with E-state index in [1.165, 1.54) is 0 Å². The molecule has 0 fully saturated rings. The molecule has 0 radical (unpaired) electrons. The summed E-state index contributed by atoms with van der Waals surface area (Å²) in [6.07, 6.45) is 0.985. The van der Waals surface area contributed by atoms with Gasteiger partial charge >= 0.3 is 5.97 Å². The molecular formula is C12H7ClFNO2S. The molecule has 2 rings (SSSR count). The van der Waals surface area contributed by atoms with E-state index in [-0.39, 0.29) is 10.6 Å². The minimum absolute atomic E-state index is 0.167. The smallest absolute Gasteiger partial charge is 0.338 e. The van der Waals surface area contributed by atoms with Crippen molar-refractivity contribution >= 4 is 29.3 Å². The van der Waals surface area contributed by atoms with Gasteiger partial charge in [0.1, 0.15) is 10.8 Å². The van der Waals surface area contributed by atoms with Gasteiger partial charge in [-0.05, 0) is 24.3 Å². The summed E-state index contributed by atoms with van der Waals surface area (Å²) < 4.78 is 13.0. The van der Waals surface area contributed by atoms with E-state index < -0.39 is 11.8 Å². The van der Waals surface area contributed by atoms with E-state index in [0.29, 0.717) is 5.02 Å². The van der Waals surface area contributed by atoms with E-state index in [4.69, 9.17) is 16.7 Å². The Bertz CT molecular complexity index is 606. The lowest BCUT2D eigenvalue weighted by Gasteiger charge is -2.05. The van der Waals surface area contributed by atoms with Crippen molar-refractivity contribution in [1.82, 2.24) is 4.98 Å². The summed E-state index contributed by atoms with van der Waals surface area (Å²) in [6, 6.07) is 7.86. The fourth-order valence-electron chi connectivity index (χ4n) is 1.30. The van der Waals surface area contributed by atoms with Gasteiger partial charge in [-0.3, -0.25) is 0 Å². The predicted octanol–water partition coefficient (Wildman–Crippen LogP) is 3.72. The molecule has 1 N–H and O–H groups in total. The van der Waals surface area contributed by atoms with Crippen LogP contribution in [0.1, 0.15) is 10.4 Å². The van der Waals surface area contributed by atoms with Gasteiger partial charge in [-0.25, -0.2) is 14.2 Å². The number of aromatic nitrogens is 1. The Kier molecular flexibility index (Phi) is 3.84. The lowest BCUT2D eigenvalue weighted by atomic mass is 10.3. The molecule has 1 aromatic heterocycles. The molecule has 0 bridgehead atoms. The van der Waals surface area contributed by atoms with Crippen LogP contribution in [-0.4, -0.2) is 16.1 Å². The molecule has 1 aromatic carbocycles. The number of carboxylic acid groups (broad SMARTS) is 1. The van der Waals surface area contributed by atoms with E-state index in [9.17, 15) is 9.18 Å². The molecule has 0 atom stereocenters. The van der Waals surface area contributed by atoms with Gasteiger partial charge < -0.3 is 5.11 Å². The number of carbonyl (C=O) groups is 1. The molecule has 92 valence electrons. The fourth-order valence-corrected chi connectivity index (χ4v) is 2.48. The highest BCUT2D eigenvalue weighted by molar-refractivity contribution is 7.99. The molecule has 0 aliphatic rings. The number of hydrogen-bond donors (Lipinski definition) is 1. The highest BCUT2D eigenvalue weighted by Gasteiger charge is 2.14. The molecule has 18 heavy (non-hydrogen) atoms. The SMILES string of the molecule is O=C(O)c1cc(F)cnc1Sc1cccc(Cl)c1. The third-order valence-corrected chi connectivity index (χ3v) is 3.30. The topological polar surface area (TPSA) is 50.2 Å². The lowest BCUT2D eigenvalue weighted by molar-refractivity contribution is 0.0691. The molecule has 0 spiro atoms. The van der Waals surface area contributed by atoms with Crippen molar-refractivity contribution < 1.29 is 14.3 Å². The molecule has 0 saturated carbocycles. The van der Waals surface area contributed by atoms with Crippen LogP contribution in [0.3, 0.4) is 0 Å². The summed E-state index contributed by atoms with van der Waals surface area (Å²) in [5, 5.41) is 9.75. The summed E-state index contributed by atoms with van der Waals surface area (Å²) in [7, 11) is 0. The van der Waals surface area contributed by atoms with Crippen molar-refractivity contribution in [3.8, 4) is 0 Å². The summed E-state index contributed by atoms with van der Waals surface area (Å²) in [5.74, 6) is -1.89. The third kappa shape index (κ3) is 3.00. The average molecular weight is 284 g/mol. The highest BCUT2D eigenvalue weighted by Crippen LogP contribution is 2.30. The predicted molar refractivity (Wildman–Crippen MR) is 66.7 cm³/mol. The summed E-state index contributed by atoms with van der Waals surface area (Å²) in [6.45, 7) is 0. The van der Waals surface area contributed by atoms with Gasteiger partial charge in [-0.1, -0.05) is 29.4 Å². The second kappa shape index (κ2) is 5.37. The standard InChI is InChI=1S/C12H7ClFNO2S/c13-7-2-1-3-9(4-7)18-11-10(12(16)17)5-8(14)6-15-11/h1-6H,(H,16,17). The summed E-state index contributed by atoms with van der Waals surface area (Å²) in [5.41, 5.74) is -0.167. The van der Waals surface area contributed by atoms with Crippen LogP contribution >= 0.6 is 23.4 Å². The van der Waals surface area contributed by atoms with Gasteiger partial charge in [0.2, 0.25) is 0 Å². The first-order valence-electron chi connectivity index (χ1n) is 4.88. The lowest BCUT2D eigenvalue weighted by Crippen LogP contribution is -2.01. The number of hydrogen-bond acceptors (Lipinski definition) is 3. The first-order chi connectivity index (χ1) is 8.56. The molecule has 2 aromatic rings. The van der Waals surface area contributed by atoms with Crippen LogP contribution in [0.25, 0.3) is 0 Å². The zero-order chi connectivity index (χ0) is 13.1. The van der Waals surface area contributed by atoms with Crippen molar-refractivity contribution in [1.29, 1.82) is 0 Å². The Balaban J connectivity index is 2.37. The monoisotopic (exact) mass is 283 g/mol. The van der Waals surface area contributed by atoms with E-state index in [1.807, 2.05) is 0 Å². The molecule has 0 aliphatic carbocycles. The van der Waals surface area contributed by atoms with E-state index in [0.717, 1.165) is 28.9 Å². The normalized spacial score (nSPS) is 10.3. The Morgan fingerprint density at radius 1 is 1.39 bits per heavy atom. The van der Waals surface area contributed by atoms with Crippen molar-refractivity contribution in [2.24, 2.45) is 0 Å². The van der Waals surface area contributed by atoms with Crippen LogP contribution < -0.4 is 0 Å². The number of benzene rings is 1. The molecule has 0 amide bonds. The zero-order valence-corrected chi connectivity index (χ0v) is 10.5. The number of nitrogens with zero attached hydrogens (tertiary/aromatic N) is 1. The molecule has 6 heteroatoms. The second-order valence-electron chi connectivity index (χ2n) is 3.37. The fraction of sp³-hybridized carbons (Fsp3) is 0. The average Bonchev–Trinajstić information content (AvgIpc) is 2.31. The van der Waals surface area contributed by atoms with Gasteiger partial charge in [0, 0.05) is 9.92 Å². The van der Waals surface area contributed by atoms with Crippen LogP contribution in [-0.2, 0) is 0 Å². The molecule has 0 saturated heterocycles. The van der Waals surface area contributed by atoms with Crippen LogP contribution in [0.5, 0.6) is 0 Å². The van der Waals surface area contributed by atoms with Crippen LogP contribution in [0, 0.1) is 5.82 Å². The van der Waals surface area contributed by atoms with Gasteiger partial charge in [0.15, 0.2) is 0 Å². The van der Waals surface area contributed by atoms with Crippen LogP contribution in [0.2, 0.25) is 5.02 Å². The number of pyridine rings is 1. The molecule has 0 aliphatic heterocycles. The number of halogens is 2. The maximum atomic E-state index is 13.0. The maximum Gasteiger partial charge on any atom is 0.338 e. The van der Waals surface area contributed by atoms with Gasteiger partial charge in [0.25, 0.3) is 0 Å². The quantitative estimate of drug-likeness (QED) is 0.932. The highest BCUT2D eigenvalue weighted by atomic mass is 35.5. The first-order valence-corrected chi connectivity index (χ1v) is 6.08. The van der Waals surface area contributed by atoms with Gasteiger partial charge in [-0.2, -0.15) is 0 Å². The van der Waals surface area contributed by atoms with Gasteiger partial charge in [-0.15, -0.1) is 0 Å². The first kappa shape index (κ1) is 12.9. The number of aromatic carboxylic acids is 1. The molecule has 0 unspecified atom stereocenters. The molecular weight excluding hydrogens is 277 g/mol. The largest absolute Gasteiger partial charge is 0.478 e. The van der Waals surface area contributed by atoms with Crippen molar-refractivity contribution in [3.63, 3.8) is 0 Å². The Labute approximate surface area is 112 Å². The Hall–Kier alpha value is -1.59. The van der Waals surface area contributed by atoms with Crippen LogP contribution in [0.15, 0.2) is 46.5 Å². The van der Waals surface area contributed by atoms with Crippen LogP contribution in [0.4, 0.5) is 4.39 Å². The van der Waals surface area contributed by atoms with Crippen molar-refractivity contribution in [3.05, 3.63) is 52.9 Å². The zero-order valence-electron chi connectivity index (χ0n) is 8.93. The van der Waals surface area contributed by atoms with E-state index in [1.54, 1.807) is 24.3 Å².